The van der Waals surface area contributed by atoms with Crippen LogP contribution in [0.15, 0.2) is 0 Å². The summed E-state index contributed by atoms with van der Waals surface area (Å²) >= 11 is 0. The Morgan fingerprint density at radius 2 is 1.60 bits per heavy atom. The van der Waals surface area contributed by atoms with E-state index in [9.17, 15) is 26.3 Å². The van der Waals surface area contributed by atoms with Gasteiger partial charge >= 0.3 is 12.4 Å². The molecule has 0 amide bonds. The first-order valence-electron chi connectivity index (χ1n) is 6.16. The van der Waals surface area contributed by atoms with Crippen LogP contribution in [0, 0.1) is 0 Å². The van der Waals surface area contributed by atoms with Gasteiger partial charge in [-0.1, -0.05) is 0 Å². The smallest absolute Gasteiger partial charge is 0.382 e. The predicted molar refractivity (Wildman–Crippen MR) is 60.4 cm³/mol. The van der Waals surface area contributed by atoms with Crippen LogP contribution in [0.25, 0.3) is 0 Å². The lowest BCUT2D eigenvalue weighted by Crippen LogP contribution is -2.47. The Bertz CT molecular complexity index is 242. The van der Waals surface area contributed by atoms with E-state index < -0.39 is 24.6 Å². The van der Waals surface area contributed by atoms with Crippen LogP contribution in [0.3, 0.4) is 0 Å². The molecule has 0 aromatic carbocycles. The van der Waals surface area contributed by atoms with Crippen LogP contribution >= 0.6 is 0 Å². The van der Waals surface area contributed by atoms with E-state index in [2.05, 4.69) is 10.1 Å². The number of alkyl halides is 6. The highest BCUT2D eigenvalue weighted by Crippen LogP contribution is 2.36. The number of nitrogens with one attached hydrogen (secondary N) is 1. The molecule has 1 unspecified atom stereocenters. The van der Waals surface area contributed by atoms with Gasteiger partial charge in [0.1, 0.15) is 0 Å². The zero-order chi connectivity index (χ0) is 15.8. The van der Waals surface area contributed by atoms with E-state index in [1.807, 2.05) is 6.92 Å². The average molecular weight is 311 g/mol. The molecule has 122 valence electrons. The average Bonchev–Trinajstić information content (AvgIpc) is 2.27. The first kappa shape index (κ1) is 19.5. The van der Waals surface area contributed by atoms with Crippen molar-refractivity contribution in [1.29, 1.82) is 0 Å². The molecule has 1 atom stereocenters. The van der Waals surface area contributed by atoms with Crippen molar-refractivity contribution in [1.82, 2.24) is 5.32 Å². The maximum absolute atomic E-state index is 12.2. The van der Waals surface area contributed by atoms with Crippen molar-refractivity contribution in [3.8, 4) is 0 Å². The van der Waals surface area contributed by atoms with Crippen LogP contribution in [0.5, 0.6) is 0 Å². The molecule has 0 spiro atoms. The normalized spacial score (nSPS) is 14.8. The summed E-state index contributed by atoms with van der Waals surface area (Å²) < 4.78 is 82.4. The maximum atomic E-state index is 12.2. The van der Waals surface area contributed by atoms with Gasteiger partial charge in [0.2, 0.25) is 6.10 Å². The van der Waals surface area contributed by atoms with E-state index in [-0.39, 0.29) is 6.54 Å². The number of hydrogen-bond acceptors (Lipinski definition) is 3. The van der Waals surface area contributed by atoms with Crippen LogP contribution in [0.1, 0.15) is 20.3 Å². The van der Waals surface area contributed by atoms with Gasteiger partial charge in [0.15, 0.2) is 0 Å². The van der Waals surface area contributed by atoms with E-state index in [0.29, 0.717) is 26.2 Å². The van der Waals surface area contributed by atoms with Gasteiger partial charge in [-0.05, 0) is 26.8 Å². The van der Waals surface area contributed by atoms with E-state index >= 15 is 0 Å². The molecule has 20 heavy (non-hydrogen) atoms. The molecule has 0 aliphatic carbocycles. The van der Waals surface area contributed by atoms with Crippen LogP contribution in [-0.2, 0) is 9.47 Å². The van der Waals surface area contributed by atoms with Gasteiger partial charge in [-0.2, -0.15) is 26.3 Å². The summed E-state index contributed by atoms with van der Waals surface area (Å²) in [5.41, 5.74) is 0. The van der Waals surface area contributed by atoms with Gasteiger partial charge in [0, 0.05) is 19.8 Å². The molecule has 0 aliphatic rings. The summed E-state index contributed by atoms with van der Waals surface area (Å²) in [5, 5.41) is 2.71. The fraction of sp³-hybridized carbons (Fsp3) is 1.00. The SMILES string of the molecule is CCOCCCNCC(C)OC(C(F)(F)F)C(F)(F)F. The van der Waals surface area contributed by atoms with E-state index in [4.69, 9.17) is 4.74 Å². The molecule has 0 heterocycles. The summed E-state index contributed by atoms with van der Waals surface area (Å²) in [6.07, 6.45) is -15.3. The second-order valence-corrected chi connectivity index (χ2v) is 4.16. The van der Waals surface area contributed by atoms with Gasteiger partial charge in [-0.25, -0.2) is 0 Å². The van der Waals surface area contributed by atoms with Crippen molar-refractivity contribution in [3.63, 3.8) is 0 Å². The molecule has 3 nitrogen and oxygen atoms in total. The van der Waals surface area contributed by atoms with Crippen LogP contribution in [-0.4, -0.2) is 50.9 Å². The van der Waals surface area contributed by atoms with Crippen molar-refractivity contribution >= 4 is 0 Å². The predicted octanol–water partition coefficient (Wildman–Crippen LogP) is 2.90. The van der Waals surface area contributed by atoms with Crippen LogP contribution in [0.4, 0.5) is 26.3 Å². The lowest BCUT2D eigenvalue weighted by atomic mass is 10.3. The van der Waals surface area contributed by atoms with Gasteiger partial charge in [0.05, 0.1) is 6.10 Å². The molecule has 0 aromatic heterocycles. The number of rotatable bonds is 9. The van der Waals surface area contributed by atoms with E-state index in [1.165, 1.54) is 0 Å². The standard InChI is InChI=1S/C11H19F6NO2/c1-3-19-6-4-5-18-7-8(2)20-9(10(12,13)14)11(15,16)17/h8-9,18H,3-7H2,1-2H3. The Balaban J connectivity index is 4.06. The van der Waals surface area contributed by atoms with Gasteiger partial charge in [0.25, 0.3) is 0 Å². The number of halogens is 6. The van der Waals surface area contributed by atoms with Gasteiger partial charge < -0.3 is 14.8 Å². The number of hydrogen-bond donors (Lipinski definition) is 1. The minimum Gasteiger partial charge on any atom is -0.382 e. The molecule has 1 N–H and O–H groups in total. The fourth-order valence-corrected chi connectivity index (χ4v) is 1.37. The molecule has 0 fully saturated rings. The topological polar surface area (TPSA) is 30.5 Å². The highest BCUT2D eigenvalue weighted by atomic mass is 19.4. The zero-order valence-corrected chi connectivity index (χ0v) is 11.3. The highest BCUT2D eigenvalue weighted by molar-refractivity contribution is 4.77. The molecule has 0 bridgehead atoms. The van der Waals surface area contributed by atoms with E-state index in [0.717, 1.165) is 6.92 Å². The molecule has 0 saturated carbocycles. The molecule has 0 aromatic rings. The Kier molecular flexibility index (Phi) is 8.45. The largest absolute Gasteiger partial charge is 0.423 e. The zero-order valence-electron chi connectivity index (χ0n) is 11.3. The molecule has 0 rings (SSSR count). The Hall–Kier alpha value is -0.540. The van der Waals surface area contributed by atoms with Crippen LogP contribution in [0.2, 0.25) is 0 Å². The minimum absolute atomic E-state index is 0.102. The molecule has 9 heteroatoms. The van der Waals surface area contributed by atoms with Crippen molar-refractivity contribution in [3.05, 3.63) is 0 Å². The van der Waals surface area contributed by atoms with Crippen LogP contribution < -0.4 is 5.32 Å². The third kappa shape index (κ3) is 8.60. The summed E-state index contributed by atoms with van der Waals surface area (Å²) in [6, 6.07) is 0. The number of ether oxygens (including phenoxy) is 2. The highest BCUT2D eigenvalue weighted by Gasteiger charge is 2.58. The van der Waals surface area contributed by atoms with Crippen molar-refractivity contribution in [2.24, 2.45) is 0 Å². The quantitative estimate of drug-likeness (QED) is 0.525. The van der Waals surface area contributed by atoms with Gasteiger partial charge in [-0.15, -0.1) is 0 Å². The Labute approximate surface area is 113 Å². The summed E-state index contributed by atoms with van der Waals surface area (Å²) in [5.74, 6) is 0. The Morgan fingerprint density at radius 1 is 1.05 bits per heavy atom. The van der Waals surface area contributed by atoms with E-state index in [1.54, 1.807) is 0 Å². The molecule has 0 aliphatic heterocycles. The summed E-state index contributed by atoms with van der Waals surface area (Å²) in [7, 11) is 0. The second-order valence-electron chi connectivity index (χ2n) is 4.16. The second kappa shape index (κ2) is 8.68. The third-order valence-electron chi connectivity index (χ3n) is 2.24. The molecule has 0 saturated heterocycles. The third-order valence-corrected chi connectivity index (χ3v) is 2.24. The molecular formula is C11H19F6NO2. The van der Waals surface area contributed by atoms with Crippen molar-refractivity contribution < 1.29 is 35.8 Å². The Morgan fingerprint density at radius 3 is 2.05 bits per heavy atom. The summed E-state index contributed by atoms with van der Waals surface area (Å²) in [6.45, 7) is 4.33. The first-order chi connectivity index (χ1) is 9.09. The molecule has 0 radical (unpaired) electrons. The van der Waals surface area contributed by atoms with Gasteiger partial charge in [-0.3, -0.25) is 0 Å². The minimum atomic E-state index is -5.47. The summed E-state index contributed by atoms with van der Waals surface area (Å²) in [4.78, 5) is 0. The lowest BCUT2D eigenvalue weighted by molar-refractivity contribution is -0.329. The molecular weight excluding hydrogens is 292 g/mol. The fourth-order valence-electron chi connectivity index (χ4n) is 1.37. The first-order valence-corrected chi connectivity index (χ1v) is 6.16. The lowest BCUT2D eigenvalue weighted by Gasteiger charge is -2.26. The maximum Gasteiger partial charge on any atom is 0.423 e. The van der Waals surface area contributed by atoms with Crippen molar-refractivity contribution in [2.75, 3.05) is 26.3 Å². The van der Waals surface area contributed by atoms with Crippen molar-refractivity contribution in [2.45, 2.75) is 44.8 Å². The monoisotopic (exact) mass is 311 g/mol.